The number of unbranched alkanes of at least 4 members (excludes halogenated alkanes) is 2. The molecule has 4 aliphatic rings. The number of likely N-dealkylation sites (tertiary alicyclic amines) is 1. The highest BCUT2D eigenvalue weighted by Gasteiger charge is 2.63. The number of carbonyl (C=O) groups is 2. The van der Waals surface area contributed by atoms with Gasteiger partial charge in [0.1, 0.15) is 22.9 Å². The number of hydrogen-bond donors (Lipinski definition) is 3. The molecule has 6 rings (SSSR count). The third kappa shape index (κ3) is 4.98. The second kappa shape index (κ2) is 12.5. The molecule has 45 heavy (non-hydrogen) atoms. The number of carbonyl (C=O) groups excluding carboxylic acids is 2. The highest BCUT2D eigenvalue weighted by atomic mass is 19.1. The highest BCUT2D eigenvalue weighted by Crippen LogP contribution is 2.56. The fourth-order valence-corrected chi connectivity index (χ4v) is 7.77. The summed E-state index contributed by atoms with van der Waals surface area (Å²) in [5, 5.41) is 31.4. The van der Waals surface area contributed by atoms with E-state index in [9.17, 15) is 19.8 Å². The highest BCUT2D eigenvalue weighted by molar-refractivity contribution is 6.16. The van der Waals surface area contributed by atoms with Crippen LogP contribution in [0.15, 0.2) is 21.9 Å². The number of aromatic nitrogens is 1. The van der Waals surface area contributed by atoms with Crippen molar-refractivity contribution in [3.63, 3.8) is 0 Å². The maximum Gasteiger partial charge on any atom is 0.265 e. The molecule has 3 aliphatic carbocycles. The lowest BCUT2D eigenvalue weighted by Crippen LogP contribution is -2.59. The predicted molar refractivity (Wildman–Crippen MR) is 163 cm³/mol. The van der Waals surface area contributed by atoms with Gasteiger partial charge in [-0.25, -0.2) is 4.39 Å². The summed E-state index contributed by atoms with van der Waals surface area (Å²) in [5.41, 5.74) is -1.69. The summed E-state index contributed by atoms with van der Waals surface area (Å²) in [5.74, 6) is -3.63. The first-order valence-electron chi connectivity index (χ1n) is 16.5. The average Bonchev–Trinajstić information content (AvgIpc) is 3.64. The van der Waals surface area contributed by atoms with Gasteiger partial charge in [-0.2, -0.15) is 0 Å². The Morgan fingerprint density at radius 2 is 1.89 bits per heavy atom. The molecule has 0 radical (unpaired) electrons. The molecule has 2 aromatic rings. The Hall–Kier alpha value is -3.28. The number of aliphatic hydroxyl groups is 2. The van der Waals surface area contributed by atoms with Crippen molar-refractivity contribution in [3.05, 3.63) is 51.2 Å². The van der Waals surface area contributed by atoms with Crippen molar-refractivity contribution in [2.45, 2.75) is 89.8 Å². The van der Waals surface area contributed by atoms with Crippen LogP contribution in [0.3, 0.4) is 0 Å². The molecule has 0 bridgehead atoms. The summed E-state index contributed by atoms with van der Waals surface area (Å²) in [6, 6.07) is 0.802. The molecule has 0 saturated carbocycles. The molecule has 0 spiro atoms. The summed E-state index contributed by atoms with van der Waals surface area (Å²) in [6.45, 7) is 7.88. The van der Waals surface area contributed by atoms with Crippen LogP contribution in [0, 0.1) is 17.7 Å². The average molecular weight is 626 g/mol. The number of halogens is 1. The van der Waals surface area contributed by atoms with Crippen molar-refractivity contribution < 1.29 is 38.2 Å². The van der Waals surface area contributed by atoms with E-state index in [1.807, 2.05) is 27.8 Å². The SMILES string of the molecule is CCCCOc1cc(C2CCCN2C)c(F)c2c1C(=O)C1=C(O)[C@]3(O)C(=O)c4c(OCCCC)noc4[C@@H](NCC)[C@@H]3C[C@@H]1C2. The Kier molecular flexibility index (Phi) is 8.80. The van der Waals surface area contributed by atoms with Crippen LogP contribution in [-0.2, 0) is 6.42 Å². The first kappa shape index (κ1) is 31.7. The van der Waals surface area contributed by atoms with Gasteiger partial charge in [0.15, 0.2) is 17.1 Å². The Balaban J connectivity index is 1.47. The van der Waals surface area contributed by atoms with Gasteiger partial charge in [0, 0.05) is 28.7 Å². The normalized spacial score (nSPS) is 27.7. The minimum atomic E-state index is -2.43. The van der Waals surface area contributed by atoms with Gasteiger partial charge in [0.25, 0.3) is 5.88 Å². The maximum absolute atomic E-state index is 16.5. The van der Waals surface area contributed by atoms with E-state index in [4.69, 9.17) is 14.0 Å². The van der Waals surface area contributed by atoms with Gasteiger partial charge in [-0.1, -0.05) is 33.6 Å². The smallest absolute Gasteiger partial charge is 0.265 e. The van der Waals surface area contributed by atoms with E-state index in [-0.39, 0.29) is 58.5 Å². The lowest BCUT2D eigenvalue weighted by Gasteiger charge is -2.48. The van der Waals surface area contributed by atoms with Crippen molar-refractivity contribution in [1.29, 1.82) is 0 Å². The quantitative estimate of drug-likeness (QED) is 0.279. The second-order valence-corrected chi connectivity index (χ2v) is 12.9. The van der Waals surface area contributed by atoms with Crippen LogP contribution in [0.2, 0.25) is 0 Å². The number of hydrogen-bond acceptors (Lipinski definition) is 10. The number of ether oxygens (including phenoxy) is 2. The first-order chi connectivity index (χ1) is 21.7. The van der Waals surface area contributed by atoms with Crippen molar-refractivity contribution in [3.8, 4) is 11.6 Å². The third-order valence-corrected chi connectivity index (χ3v) is 10.1. The minimum Gasteiger partial charge on any atom is -0.508 e. The van der Waals surface area contributed by atoms with Crippen molar-refractivity contribution in [2.24, 2.45) is 11.8 Å². The summed E-state index contributed by atoms with van der Waals surface area (Å²) in [6.07, 6.45) is 5.22. The molecular weight excluding hydrogens is 581 g/mol. The van der Waals surface area contributed by atoms with Gasteiger partial charge >= 0.3 is 0 Å². The molecule has 2 heterocycles. The lowest BCUT2D eigenvalue weighted by molar-refractivity contribution is -0.0404. The van der Waals surface area contributed by atoms with Crippen molar-refractivity contribution in [2.75, 3.05) is 33.4 Å². The van der Waals surface area contributed by atoms with Gasteiger partial charge in [0.05, 0.1) is 24.8 Å². The van der Waals surface area contributed by atoms with Crippen molar-refractivity contribution >= 4 is 11.6 Å². The Morgan fingerprint density at radius 3 is 2.56 bits per heavy atom. The zero-order valence-electron chi connectivity index (χ0n) is 26.6. The summed E-state index contributed by atoms with van der Waals surface area (Å²) >= 11 is 0. The number of allylic oxidation sites excluding steroid dienone is 1. The molecule has 5 atom stereocenters. The van der Waals surface area contributed by atoms with E-state index in [1.165, 1.54) is 0 Å². The van der Waals surface area contributed by atoms with Crippen LogP contribution in [0.1, 0.15) is 115 Å². The predicted octanol–water partition coefficient (Wildman–Crippen LogP) is 5.40. The van der Waals surface area contributed by atoms with E-state index in [0.717, 1.165) is 45.1 Å². The molecule has 1 aromatic carbocycles. The van der Waals surface area contributed by atoms with Crippen LogP contribution in [0.25, 0.3) is 0 Å². The van der Waals surface area contributed by atoms with Crippen LogP contribution < -0.4 is 14.8 Å². The number of nitrogens with one attached hydrogen (secondary N) is 1. The third-order valence-electron chi connectivity index (χ3n) is 10.1. The Labute approximate surface area is 262 Å². The molecule has 10 nitrogen and oxygen atoms in total. The van der Waals surface area contributed by atoms with Crippen LogP contribution in [0.4, 0.5) is 4.39 Å². The van der Waals surface area contributed by atoms with E-state index in [2.05, 4.69) is 15.4 Å². The van der Waals surface area contributed by atoms with Crippen LogP contribution >= 0.6 is 0 Å². The number of nitrogens with zero attached hydrogens (tertiary/aromatic N) is 2. The molecular formula is C34H44FN3O7. The minimum absolute atomic E-state index is 0.0370. The number of fused-ring (bicyclic) bond motifs is 4. The fraction of sp³-hybridized carbons (Fsp3) is 0.618. The molecule has 1 aliphatic heterocycles. The second-order valence-electron chi connectivity index (χ2n) is 12.9. The van der Waals surface area contributed by atoms with Gasteiger partial charge in [-0.05, 0) is 75.8 Å². The largest absolute Gasteiger partial charge is 0.508 e. The summed E-state index contributed by atoms with van der Waals surface area (Å²) in [4.78, 5) is 30.6. The van der Waals surface area contributed by atoms with Gasteiger partial charge < -0.3 is 29.5 Å². The molecule has 1 saturated heterocycles. The maximum atomic E-state index is 16.5. The van der Waals surface area contributed by atoms with Gasteiger partial charge in [0.2, 0.25) is 5.78 Å². The molecule has 11 heteroatoms. The Morgan fingerprint density at radius 1 is 1.16 bits per heavy atom. The van der Waals surface area contributed by atoms with Crippen LogP contribution in [-0.4, -0.2) is 70.8 Å². The van der Waals surface area contributed by atoms with E-state index in [1.54, 1.807) is 6.07 Å². The van der Waals surface area contributed by atoms with E-state index >= 15 is 4.39 Å². The molecule has 244 valence electrons. The molecule has 1 unspecified atom stereocenters. The Bertz CT molecular complexity index is 1520. The monoisotopic (exact) mass is 625 g/mol. The molecule has 1 aromatic heterocycles. The number of ketones is 2. The fourth-order valence-electron chi connectivity index (χ4n) is 7.77. The van der Waals surface area contributed by atoms with E-state index in [0.29, 0.717) is 25.3 Å². The van der Waals surface area contributed by atoms with Gasteiger partial charge in [-0.3, -0.25) is 14.5 Å². The zero-order valence-corrected chi connectivity index (χ0v) is 26.6. The van der Waals surface area contributed by atoms with Crippen LogP contribution in [0.5, 0.6) is 11.6 Å². The lowest BCUT2D eigenvalue weighted by atomic mass is 9.58. The standard InChI is InChI=1S/C34H44FN3O7/c1-5-8-13-43-23-17-19(22-11-10-12-38(22)4)27(35)20-15-18-16-21-28(36-7-3)30-26(33(37-45-30)44-14-9-6-2)32(41)34(21,42)31(40)24(18)29(39)25(20)23/h17-18,21-22,28,36,40,42H,5-16H2,1-4H3/t18-,21-,22?,28-,34-/m0/s1. The number of benzene rings is 1. The number of aliphatic hydroxyl groups excluding tert-OH is 1. The first-order valence-corrected chi connectivity index (χ1v) is 16.5. The molecule has 1 fully saturated rings. The van der Waals surface area contributed by atoms with E-state index < -0.39 is 46.6 Å². The number of rotatable bonds is 11. The number of Topliss-reactive ketones (excluding diaryl/α,β-unsaturated/α-hetero) is 2. The van der Waals surface area contributed by atoms with Gasteiger partial charge in [-0.15, -0.1) is 0 Å². The molecule has 0 amide bonds. The topological polar surface area (TPSA) is 134 Å². The van der Waals surface area contributed by atoms with Crippen molar-refractivity contribution in [1.82, 2.24) is 15.4 Å². The summed E-state index contributed by atoms with van der Waals surface area (Å²) < 4.78 is 34.0. The zero-order chi connectivity index (χ0) is 32.0. The summed E-state index contributed by atoms with van der Waals surface area (Å²) in [7, 11) is 1.97. The molecule has 3 N–H and O–H groups in total.